The summed E-state index contributed by atoms with van der Waals surface area (Å²) < 4.78 is 0. The van der Waals surface area contributed by atoms with Crippen molar-refractivity contribution in [1.29, 1.82) is 0 Å². The molecule has 3 heteroatoms. The van der Waals surface area contributed by atoms with E-state index in [1.54, 1.807) is 0 Å². The van der Waals surface area contributed by atoms with Crippen molar-refractivity contribution in [2.24, 2.45) is 0 Å². The number of rotatable bonds is 7. The molecule has 0 aromatic heterocycles. The average molecular weight is 376 g/mol. The van der Waals surface area contributed by atoms with E-state index in [0.29, 0.717) is 16.9 Å². The van der Waals surface area contributed by atoms with E-state index >= 15 is 0 Å². The van der Waals surface area contributed by atoms with Crippen molar-refractivity contribution in [3.63, 3.8) is 0 Å². The lowest BCUT2D eigenvalue weighted by atomic mass is 9.84. The number of halogens is 2. The predicted molar refractivity (Wildman–Crippen MR) is 112 cm³/mol. The Bertz CT molecular complexity index is 737. The minimum absolute atomic E-state index is 0.316. The number of unbranched alkanes of at least 4 members (excludes halogenated alkanes) is 1. The second-order valence-electron chi connectivity index (χ2n) is 6.74. The van der Waals surface area contributed by atoms with Crippen molar-refractivity contribution in [2.45, 2.75) is 51.9 Å². The molecule has 0 fully saturated rings. The lowest BCUT2D eigenvalue weighted by Crippen LogP contribution is -2.05. The summed E-state index contributed by atoms with van der Waals surface area (Å²) in [5.74, 6) is 0.638. The van der Waals surface area contributed by atoms with Gasteiger partial charge in [0.25, 0.3) is 0 Å². The van der Waals surface area contributed by atoms with Gasteiger partial charge in [0.15, 0.2) is 0 Å². The Morgan fingerprint density at radius 3 is 2.52 bits per heavy atom. The third kappa shape index (κ3) is 5.52. The molecular weight excluding hydrogens is 349 g/mol. The van der Waals surface area contributed by atoms with Crippen LogP contribution in [-0.4, -0.2) is 0 Å². The molecular formula is C22H27Cl2N. The molecule has 2 atom stereocenters. The summed E-state index contributed by atoms with van der Waals surface area (Å²) in [5.41, 5.74) is 10.6. The fourth-order valence-corrected chi connectivity index (χ4v) is 3.80. The predicted octanol–water partition coefficient (Wildman–Crippen LogP) is 7.52. The topological polar surface area (TPSA) is 26.0 Å². The smallest absolute Gasteiger partial charge is 0.0455 e. The fourth-order valence-electron chi connectivity index (χ4n) is 3.20. The Morgan fingerprint density at radius 1 is 1.08 bits per heavy atom. The van der Waals surface area contributed by atoms with Crippen molar-refractivity contribution in [3.8, 4) is 0 Å². The minimum atomic E-state index is 0.316. The molecule has 1 nitrogen and oxygen atoms in total. The lowest BCUT2D eigenvalue weighted by molar-refractivity contribution is 0.626. The van der Waals surface area contributed by atoms with Crippen LogP contribution in [-0.2, 0) is 0 Å². The summed E-state index contributed by atoms with van der Waals surface area (Å²) in [6.07, 6.45) is 7.83. The van der Waals surface area contributed by atoms with Gasteiger partial charge in [0.2, 0.25) is 0 Å². The summed E-state index contributed by atoms with van der Waals surface area (Å²) in [6, 6.07) is 11.9. The highest BCUT2D eigenvalue weighted by atomic mass is 35.5. The number of hydrogen-bond donors (Lipinski definition) is 1. The zero-order valence-electron chi connectivity index (χ0n) is 15.2. The Labute approximate surface area is 161 Å². The van der Waals surface area contributed by atoms with E-state index in [9.17, 15) is 0 Å². The van der Waals surface area contributed by atoms with Crippen LogP contribution in [0.15, 0.2) is 48.6 Å². The van der Waals surface area contributed by atoms with Gasteiger partial charge in [-0.15, -0.1) is 0 Å². The van der Waals surface area contributed by atoms with Gasteiger partial charge < -0.3 is 5.73 Å². The van der Waals surface area contributed by atoms with Gasteiger partial charge in [-0.25, -0.2) is 0 Å². The van der Waals surface area contributed by atoms with Gasteiger partial charge in [-0.05, 0) is 66.6 Å². The molecule has 2 unspecified atom stereocenters. The third-order valence-electron chi connectivity index (χ3n) is 4.63. The van der Waals surface area contributed by atoms with Crippen LogP contribution >= 0.6 is 23.2 Å². The highest BCUT2D eigenvalue weighted by molar-refractivity contribution is 6.35. The summed E-state index contributed by atoms with van der Waals surface area (Å²) >= 11 is 12.5. The van der Waals surface area contributed by atoms with Crippen LogP contribution in [0, 0.1) is 6.92 Å². The second kappa shape index (κ2) is 9.31. The first-order chi connectivity index (χ1) is 11.9. The molecule has 2 aromatic rings. The molecule has 0 saturated heterocycles. The van der Waals surface area contributed by atoms with Gasteiger partial charge in [-0.3, -0.25) is 0 Å². The number of anilines is 1. The molecule has 2 N–H and O–H groups in total. The highest BCUT2D eigenvalue weighted by Gasteiger charge is 2.18. The van der Waals surface area contributed by atoms with Crippen molar-refractivity contribution in [1.82, 2.24) is 0 Å². The normalized spacial score (nSPS) is 14.0. The van der Waals surface area contributed by atoms with Crippen LogP contribution in [0.2, 0.25) is 10.0 Å². The second-order valence-corrected chi connectivity index (χ2v) is 7.59. The monoisotopic (exact) mass is 375 g/mol. The molecule has 25 heavy (non-hydrogen) atoms. The first-order valence-electron chi connectivity index (χ1n) is 8.90. The molecule has 0 amide bonds. The summed E-state index contributed by atoms with van der Waals surface area (Å²) in [4.78, 5) is 0. The molecule has 0 saturated carbocycles. The molecule has 0 heterocycles. The molecule has 0 aliphatic heterocycles. The zero-order chi connectivity index (χ0) is 18.4. The number of nitrogens with two attached hydrogens (primary N) is 1. The number of benzene rings is 2. The van der Waals surface area contributed by atoms with Gasteiger partial charge in [0, 0.05) is 21.7 Å². The molecule has 134 valence electrons. The highest BCUT2D eigenvalue weighted by Crippen LogP contribution is 2.36. The van der Waals surface area contributed by atoms with Crippen LogP contribution in [0.25, 0.3) is 0 Å². The molecule has 2 rings (SSSR count). The molecule has 0 aliphatic rings. The SMILES string of the molecule is CCC/C=C\C(CC(C)c1ccc(Cl)cc1Cl)c1cc(N)ccc1C. The molecule has 0 bridgehead atoms. The Hall–Kier alpha value is -1.44. The average Bonchev–Trinajstić information content (AvgIpc) is 2.56. The van der Waals surface area contributed by atoms with Crippen LogP contribution in [0.4, 0.5) is 5.69 Å². The van der Waals surface area contributed by atoms with E-state index < -0.39 is 0 Å². The Morgan fingerprint density at radius 2 is 1.84 bits per heavy atom. The number of nitrogen functional groups attached to an aromatic ring is 1. The van der Waals surface area contributed by atoms with E-state index in [1.807, 2.05) is 24.3 Å². The fraction of sp³-hybridized carbons (Fsp3) is 0.364. The van der Waals surface area contributed by atoms with E-state index in [2.05, 4.69) is 45.1 Å². The zero-order valence-corrected chi connectivity index (χ0v) is 16.7. The lowest BCUT2D eigenvalue weighted by Gasteiger charge is -2.22. The summed E-state index contributed by atoms with van der Waals surface area (Å²) in [5, 5.41) is 1.41. The Kier molecular flexibility index (Phi) is 7.40. The quantitative estimate of drug-likeness (QED) is 0.392. The molecule has 0 aliphatic carbocycles. The van der Waals surface area contributed by atoms with E-state index in [4.69, 9.17) is 28.9 Å². The third-order valence-corrected chi connectivity index (χ3v) is 5.19. The van der Waals surface area contributed by atoms with Gasteiger partial charge >= 0.3 is 0 Å². The number of hydrogen-bond acceptors (Lipinski definition) is 1. The first-order valence-corrected chi connectivity index (χ1v) is 9.65. The van der Waals surface area contributed by atoms with Crippen LogP contribution in [0.5, 0.6) is 0 Å². The minimum Gasteiger partial charge on any atom is -0.399 e. The number of allylic oxidation sites excluding steroid dienone is 2. The summed E-state index contributed by atoms with van der Waals surface area (Å²) in [6.45, 7) is 6.56. The van der Waals surface area contributed by atoms with E-state index in [1.165, 1.54) is 11.1 Å². The van der Waals surface area contributed by atoms with Crippen molar-refractivity contribution < 1.29 is 0 Å². The molecule has 0 radical (unpaired) electrons. The van der Waals surface area contributed by atoms with Gasteiger partial charge in [0.1, 0.15) is 0 Å². The van der Waals surface area contributed by atoms with Crippen LogP contribution in [0.1, 0.15) is 61.6 Å². The van der Waals surface area contributed by atoms with Crippen LogP contribution in [0.3, 0.4) is 0 Å². The first kappa shape index (κ1) is 19.9. The van der Waals surface area contributed by atoms with Gasteiger partial charge in [0.05, 0.1) is 0 Å². The van der Waals surface area contributed by atoms with E-state index in [-0.39, 0.29) is 0 Å². The maximum Gasteiger partial charge on any atom is 0.0455 e. The maximum atomic E-state index is 6.41. The van der Waals surface area contributed by atoms with Crippen molar-refractivity contribution >= 4 is 28.9 Å². The number of aryl methyl sites for hydroxylation is 1. The van der Waals surface area contributed by atoms with Gasteiger partial charge in [-0.1, -0.05) is 67.8 Å². The summed E-state index contributed by atoms with van der Waals surface area (Å²) in [7, 11) is 0. The van der Waals surface area contributed by atoms with Crippen LogP contribution < -0.4 is 5.73 Å². The van der Waals surface area contributed by atoms with Crippen molar-refractivity contribution in [3.05, 3.63) is 75.3 Å². The van der Waals surface area contributed by atoms with Gasteiger partial charge in [-0.2, -0.15) is 0 Å². The standard InChI is InChI=1S/C22H27Cl2N/c1-4-5-6-7-17(21-14-19(25)10-8-15(21)2)12-16(3)20-11-9-18(23)13-22(20)24/h6-11,13-14,16-17H,4-5,12,25H2,1-3H3/b7-6-. The molecule has 0 spiro atoms. The molecule has 2 aromatic carbocycles. The van der Waals surface area contributed by atoms with Crippen molar-refractivity contribution in [2.75, 3.05) is 5.73 Å². The Balaban J connectivity index is 2.30. The maximum absolute atomic E-state index is 6.41. The van der Waals surface area contributed by atoms with E-state index in [0.717, 1.165) is 35.5 Å². The largest absolute Gasteiger partial charge is 0.399 e.